The van der Waals surface area contributed by atoms with Gasteiger partial charge in [-0.2, -0.15) is 0 Å². The molecule has 2 saturated heterocycles. The number of piperazine rings is 1. The standard InChI is InChI=1S/C19H26N2O2/c1-14(22)11-21-13-18-10-19(21)12-20(18)8-4-6-16-5-3-7-17(9-16)15(2)23/h3,5,7,9,18-19H,4,6,8,10-13H2,1-2H3/t18?,19-/m0/s1. The first kappa shape index (κ1) is 16.3. The van der Waals surface area contributed by atoms with Crippen LogP contribution in [0.2, 0.25) is 0 Å². The summed E-state index contributed by atoms with van der Waals surface area (Å²) in [5, 5.41) is 0. The third-order valence-electron chi connectivity index (χ3n) is 5.14. The molecule has 2 atom stereocenters. The molecule has 0 amide bonds. The summed E-state index contributed by atoms with van der Waals surface area (Å²) in [4.78, 5) is 27.6. The molecule has 4 heteroatoms. The van der Waals surface area contributed by atoms with Crippen molar-refractivity contribution in [1.82, 2.24) is 9.80 Å². The molecule has 2 bridgehead atoms. The summed E-state index contributed by atoms with van der Waals surface area (Å²) in [7, 11) is 0. The lowest BCUT2D eigenvalue weighted by Crippen LogP contribution is -2.47. The predicted molar refractivity (Wildman–Crippen MR) is 90.8 cm³/mol. The van der Waals surface area contributed by atoms with E-state index in [2.05, 4.69) is 15.9 Å². The Balaban J connectivity index is 1.45. The molecular formula is C19H26N2O2. The number of hydrogen-bond donors (Lipinski definition) is 0. The van der Waals surface area contributed by atoms with Crippen molar-refractivity contribution >= 4 is 11.6 Å². The Hall–Kier alpha value is -1.52. The van der Waals surface area contributed by atoms with Crippen molar-refractivity contribution in [2.75, 3.05) is 26.2 Å². The van der Waals surface area contributed by atoms with Gasteiger partial charge in [0.1, 0.15) is 5.78 Å². The lowest BCUT2D eigenvalue weighted by atomic mass is 10.0. The second-order valence-corrected chi connectivity index (χ2v) is 7.03. The predicted octanol–water partition coefficient (Wildman–Crippen LogP) is 2.17. The van der Waals surface area contributed by atoms with Gasteiger partial charge >= 0.3 is 0 Å². The number of benzene rings is 1. The Bertz CT molecular complexity index is 599. The zero-order chi connectivity index (χ0) is 16.4. The van der Waals surface area contributed by atoms with Crippen LogP contribution in [0.3, 0.4) is 0 Å². The SMILES string of the molecule is CC(=O)CN1CC2C[C@H]1CN2CCCc1cccc(C(C)=O)c1. The fraction of sp³-hybridized carbons (Fsp3) is 0.579. The molecule has 0 N–H and O–H groups in total. The molecule has 3 rings (SSSR count). The van der Waals surface area contributed by atoms with Gasteiger partial charge in [0.15, 0.2) is 5.78 Å². The van der Waals surface area contributed by atoms with Gasteiger partial charge < -0.3 is 0 Å². The van der Waals surface area contributed by atoms with Crippen LogP contribution in [0, 0.1) is 0 Å². The molecule has 0 saturated carbocycles. The van der Waals surface area contributed by atoms with Crippen LogP contribution in [0.5, 0.6) is 0 Å². The Morgan fingerprint density at radius 1 is 1.13 bits per heavy atom. The van der Waals surface area contributed by atoms with Gasteiger partial charge in [-0.15, -0.1) is 0 Å². The van der Waals surface area contributed by atoms with Crippen LogP contribution in [-0.2, 0) is 11.2 Å². The molecular weight excluding hydrogens is 288 g/mol. The van der Waals surface area contributed by atoms with Gasteiger partial charge in [0.25, 0.3) is 0 Å². The molecule has 0 aliphatic carbocycles. The maximum Gasteiger partial charge on any atom is 0.159 e. The second kappa shape index (κ2) is 6.93. The van der Waals surface area contributed by atoms with Crippen LogP contribution < -0.4 is 0 Å². The highest BCUT2D eigenvalue weighted by atomic mass is 16.1. The fourth-order valence-electron chi connectivity index (χ4n) is 4.02. The highest BCUT2D eigenvalue weighted by molar-refractivity contribution is 5.94. The Labute approximate surface area is 138 Å². The summed E-state index contributed by atoms with van der Waals surface area (Å²) in [6.45, 7) is 7.17. The summed E-state index contributed by atoms with van der Waals surface area (Å²) < 4.78 is 0. The normalized spacial score (nSPS) is 24.3. The summed E-state index contributed by atoms with van der Waals surface area (Å²) in [5.41, 5.74) is 2.06. The highest BCUT2D eigenvalue weighted by Gasteiger charge is 2.42. The minimum atomic E-state index is 0.134. The molecule has 1 unspecified atom stereocenters. The molecule has 0 spiro atoms. The van der Waals surface area contributed by atoms with E-state index in [1.165, 1.54) is 12.0 Å². The number of carbonyl (C=O) groups is 2. The first-order chi connectivity index (χ1) is 11.0. The molecule has 23 heavy (non-hydrogen) atoms. The lowest BCUT2D eigenvalue weighted by Gasteiger charge is -2.33. The molecule has 4 nitrogen and oxygen atoms in total. The van der Waals surface area contributed by atoms with Crippen LogP contribution in [0.15, 0.2) is 24.3 Å². The molecule has 0 radical (unpaired) electrons. The van der Waals surface area contributed by atoms with Crippen molar-refractivity contribution < 1.29 is 9.59 Å². The Morgan fingerprint density at radius 2 is 1.87 bits per heavy atom. The van der Waals surface area contributed by atoms with Gasteiger partial charge in [0.05, 0.1) is 6.54 Å². The number of ketones is 2. The lowest BCUT2D eigenvalue weighted by molar-refractivity contribution is -0.118. The molecule has 2 aliphatic rings. The number of fused-ring (bicyclic) bond motifs is 2. The molecule has 1 aromatic carbocycles. The van der Waals surface area contributed by atoms with E-state index >= 15 is 0 Å². The van der Waals surface area contributed by atoms with Crippen LogP contribution in [0.25, 0.3) is 0 Å². The van der Waals surface area contributed by atoms with Gasteiger partial charge in [-0.3, -0.25) is 19.4 Å². The highest BCUT2D eigenvalue weighted by Crippen LogP contribution is 2.30. The summed E-state index contributed by atoms with van der Waals surface area (Å²) in [6.07, 6.45) is 3.36. The van der Waals surface area contributed by atoms with Gasteiger partial charge in [-0.25, -0.2) is 0 Å². The van der Waals surface area contributed by atoms with Crippen LogP contribution >= 0.6 is 0 Å². The van der Waals surface area contributed by atoms with E-state index in [0.29, 0.717) is 18.6 Å². The molecule has 0 aromatic heterocycles. The van der Waals surface area contributed by atoms with E-state index in [1.807, 2.05) is 18.2 Å². The Kier molecular flexibility index (Phi) is 4.93. The van der Waals surface area contributed by atoms with E-state index in [9.17, 15) is 9.59 Å². The van der Waals surface area contributed by atoms with Crippen molar-refractivity contribution in [3.8, 4) is 0 Å². The molecule has 2 heterocycles. The average molecular weight is 314 g/mol. The minimum absolute atomic E-state index is 0.134. The van der Waals surface area contributed by atoms with Gasteiger partial charge in [-0.1, -0.05) is 18.2 Å². The zero-order valence-corrected chi connectivity index (χ0v) is 14.1. The zero-order valence-electron chi connectivity index (χ0n) is 14.1. The summed E-state index contributed by atoms with van der Waals surface area (Å²) >= 11 is 0. The second-order valence-electron chi connectivity index (χ2n) is 7.03. The molecule has 124 valence electrons. The van der Waals surface area contributed by atoms with E-state index in [-0.39, 0.29) is 11.6 Å². The third-order valence-corrected chi connectivity index (χ3v) is 5.14. The summed E-state index contributed by atoms with van der Waals surface area (Å²) in [5.74, 6) is 0.406. The fourth-order valence-corrected chi connectivity index (χ4v) is 4.02. The Morgan fingerprint density at radius 3 is 2.52 bits per heavy atom. The summed E-state index contributed by atoms with van der Waals surface area (Å²) in [6, 6.07) is 9.19. The van der Waals surface area contributed by atoms with E-state index in [1.54, 1.807) is 13.8 Å². The number of likely N-dealkylation sites (tertiary alicyclic amines) is 2. The van der Waals surface area contributed by atoms with Gasteiger partial charge in [0, 0.05) is 30.7 Å². The van der Waals surface area contributed by atoms with Crippen molar-refractivity contribution in [3.05, 3.63) is 35.4 Å². The molecule has 2 fully saturated rings. The van der Waals surface area contributed by atoms with Crippen molar-refractivity contribution in [1.29, 1.82) is 0 Å². The van der Waals surface area contributed by atoms with Crippen LogP contribution in [0.4, 0.5) is 0 Å². The van der Waals surface area contributed by atoms with Crippen molar-refractivity contribution in [2.24, 2.45) is 0 Å². The van der Waals surface area contributed by atoms with Crippen LogP contribution in [-0.4, -0.2) is 59.6 Å². The molecule has 2 aliphatic heterocycles. The smallest absolute Gasteiger partial charge is 0.159 e. The maximum absolute atomic E-state index is 11.4. The van der Waals surface area contributed by atoms with Gasteiger partial charge in [0.2, 0.25) is 0 Å². The van der Waals surface area contributed by atoms with Crippen molar-refractivity contribution in [3.63, 3.8) is 0 Å². The third kappa shape index (κ3) is 3.88. The van der Waals surface area contributed by atoms with Crippen LogP contribution in [0.1, 0.15) is 42.6 Å². The first-order valence-corrected chi connectivity index (χ1v) is 8.60. The van der Waals surface area contributed by atoms with Gasteiger partial charge in [-0.05, 0) is 51.3 Å². The number of carbonyl (C=O) groups excluding carboxylic acids is 2. The average Bonchev–Trinajstić information content (AvgIpc) is 3.06. The molecule has 1 aromatic rings. The number of Topliss-reactive ketones (excluding diaryl/α,β-unsaturated/α-hetero) is 2. The van der Waals surface area contributed by atoms with Crippen molar-refractivity contribution in [2.45, 2.75) is 45.2 Å². The topological polar surface area (TPSA) is 40.6 Å². The number of aryl methyl sites for hydroxylation is 1. The van der Waals surface area contributed by atoms with E-state index in [0.717, 1.165) is 38.0 Å². The largest absolute Gasteiger partial charge is 0.299 e. The number of rotatable bonds is 7. The van der Waals surface area contributed by atoms with E-state index in [4.69, 9.17) is 0 Å². The minimum Gasteiger partial charge on any atom is -0.299 e. The monoisotopic (exact) mass is 314 g/mol. The number of nitrogens with zero attached hydrogens (tertiary/aromatic N) is 2. The number of hydrogen-bond acceptors (Lipinski definition) is 4. The maximum atomic E-state index is 11.4. The van der Waals surface area contributed by atoms with E-state index < -0.39 is 0 Å². The quantitative estimate of drug-likeness (QED) is 0.723. The first-order valence-electron chi connectivity index (χ1n) is 8.60.